The van der Waals surface area contributed by atoms with Crippen LogP contribution in [0.25, 0.3) is 10.4 Å². The minimum Gasteiger partial charge on any atom is -0.391 e. The summed E-state index contributed by atoms with van der Waals surface area (Å²) >= 11 is 1.61. The van der Waals surface area contributed by atoms with Gasteiger partial charge in [0.2, 0.25) is 11.8 Å². The quantitative estimate of drug-likeness (QED) is 0.0691. The van der Waals surface area contributed by atoms with Crippen molar-refractivity contribution < 1.29 is 19.5 Å². The number of likely N-dealkylation sites (tertiary alicyclic amines) is 3. The van der Waals surface area contributed by atoms with Crippen molar-refractivity contribution in [2.24, 2.45) is 17.3 Å². The molecule has 4 N–H and O–H groups in total. The van der Waals surface area contributed by atoms with Crippen molar-refractivity contribution in [3.8, 4) is 10.4 Å². The van der Waals surface area contributed by atoms with Crippen LogP contribution in [-0.4, -0.2) is 122 Å². The molecule has 66 heavy (non-hydrogen) atoms. The summed E-state index contributed by atoms with van der Waals surface area (Å²) in [7, 11) is 0. The number of piperidine rings is 1. The summed E-state index contributed by atoms with van der Waals surface area (Å²) in [5, 5.41) is 23.2. The smallest absolute Gasteiger partial charge is 0.265 e. The Labute approximate surface area is 395 Å². The zero-order valence-electron chi connectivity index (χ0n) is 39.9. The summed E-state index contributed by atoms with van der Waals surface area (Å²) in [5.41, 5.74) is 13.1. The van der Waals surface area contributed by atoms with E-state index in [1.165, 1.54) is 25.2 Å². The molecule has 4 aliphatic rings. The van der Waals surface area contributed by atoms with E-state index in [1.54, 1.807) is 20.9 Å². The Kier molecular flexibility index (Phi) is 15.4. The Bertz CT molecular complexity index is 2230. The van der Waals surface area contributed by atoms with Crippen LogP contribution < -0.4 is 16.2 Å². The average molecular weight is 921 g/mol. The van der Waals surface area contributed by atoms with E-state index in [0.29, 0.717) is 23.3 Å². The van der Waals surface area contributed by atoms with E-state index in [0.717, 1.165) is 104 Å². The number of hydrogen-bond acceptors (Lipinski definition) is 11. The molecule has 0 radical (unpaired) electrons. The summed E-state index contributed by atoms with van der Waals surface area (Å²) in [6.45, 7) is 19.9. The Hall–Kier alpha value is -4.54. The highest BCUT2D eigenvalue weighted by molar-refractivity contribution is 7.13. The number of benzene rings is 2. The maximum Gasteiger partial charge on any atom is 0.265 e. The van der Waals surface area contributed by atoms with Crippen LogP contribution in [0, 0.1) is 24.2 Å². The molecular weight excluding hydrogens is 849 g/mol. The van der Waals surface area contributed by atoms with Gasteiger partial charge < -0.3 is 25.1 Å². The van der Waals surface area contributed by atoms with Gasteiger partial charge in [0, 0.05) is 63.4 Å². The average Bonchev–Trinajstić information content (AvgIpc) is 4.06. The molecule has 2 aromatic carbocycles. The summed E-state index contributed by atoms with van der Waals surface area (Å²) in [4.78, 5) is 53.1. The second kappa shape index (κ2) is 21.2. The maximum absolute atomic E-state index is 14.5. The van der Waals surface area contributed by atoms with Crippen LogP contribution in [0.15, 0.2) is 60.2 Å². The summed E-state index contributed by atoms with van der Waals surface area (Å²) in [5.74, 6) is 1.70. The zero-order valence-corrected chi connectivity index (χ0v) is 40.7. The Morgan fingerprint density at radius 2 is 1.58 bits per heavy atom. The van der Waals surface area contributed by atoms with Crippen molar-refractivity contribution in [3.05, 3.63) is 88.3 Å². The molecule has 356 valence electrons. The molecule has 4 atom stereocenters. The van der Waals surface area contributed by atoms with Crippen LogP contribution in [0.4, 0.5) is 0 Å². The highest BCUT2D eigenvalue weighted by atomic mass is 32.1. The number of rotatable bonds is 16. The van der Waals surface area contributed by atoms with Gasteiger partial charge in [-0.3, -0.25) is 19.8 Å². The number of aliphatic hydroxyl groups is 1. The van der Waals surface area contributed by atoms with Gasteiger partial charge in [-0.1, -0.05) is 69.3 Å². The van der Waals surface area contributed by atoms with Gasteiger partial charge in [0.15, 0.2) is 0 Å². The molecule has 4 aromatic rings. The number of β-amino-alcohol motifs (C(OH)–C–C–N with tert-alkyl or cyclic N) is 1. The van der Waals surface area contributed by atoms with E-state index in [9.17, 15) is 19.5 Å². The Balaban J connectivity index is 0.774. The van der Waals surface area contributed by atoms with Crippen molar-refractivity contribution in [3.63, 3.8) is 0 Å². The van der Waals surface area contributed by atoms with Gasteiger partial charge >= 0.3 is 0 Å². The highest BCUT2D eigenvalue weighted by Gasteiger charge is 2.46. The SMILES string of the molecule is CCCNNC(=O)c1ccc(C2CCN(CC3CN(CC4CCC(c5cn([C@H](C(=O)N6C[C@@H](O)C[C@@H]6C(=O)N[C@@H](C)c6ccc(-c7scnc7C)cc6)C(C)(C)C)nn5)CC4)C3)CC2)cc1. The Morgan fingerprint density at radius 3 is 2.23 bits per heavy atom. The van der Waals surface area contributed by atoms with Crippen LogP contribution in [0.3, 0.4) is 0 Å². The van der Waals surface area contributed by atoms with Crippen molar-refractivity contribution in [1.29, 1.82) is 0 Å². The molecule has 15 heteroatoms. The predicted molar refractivity (Wildman–Crippen MR) is 259 cm³/mol. The fraction of sp³-hybridized carbons (Fsp3) is 0.608. The van der Waals surface area contributed by atoms with Crippen LogP contribution in [0.1, 0.15) is 143 Å². The van der Waals surface area contributed by atoms with Crippen LogP contribution >= 0.6 is 11.3 Å². The third kappa shape index (κ3) is 11.4. The van der Waals surface area contributed by atoms with Gasteiger partial charge in [-0.05, 0) is 124 Å². The summed E-state index contributed by atoms with van der Waals surface area (Å²) in [6.07, 6.45) is 9.09. The minimum atomic E-state index is -0.790. The molecule has 5 heterocycles. The van der Waals surface area contributed by atoms with Crippen LogP contribution in [0.2, 0.25) is 0 Å². The van der Waals surface area contributed by atoms with Crippen molar-refractivity contribution >= 4 is 29.1 Å². The largest absolute Gasteiger partial charge is 0.391 e. The van der Waals surface area contributed by atoms with E-state index in [-0.39, 0.29) is 36.7 Å². The topological polar surface area (TPSA) is 161 Å². The normalized spacial score (nSPS) is 23.3. The monoisotopic (exact) mass is 921 g/mol. The lowest BCUT2D eigenvalue weighted by atomic mass is 9.79. The second-order valence-electron chi connectivity index (χ2n) is 20.8. The number of nitrogens with one attached hydrogen (secondary N) is 3. The molecule has 0 unspecified atom stereocenters. The number of aliphatic hydroxyl groups excluding tert-OH is 1. The van der Waals surface area contributed by atoms with E-state index in [1.807, 2.05) is 70.6 Å². The first kappa shape index (κ1) is 47.9. The summed E-state index contributed by atoms with van der Waals surface area (Å²) in [6, 6.07) is 14.6. The molecule has 1 aliphatic carbocycles. The number of carbonyl (C=O) groups is 3. The summed E-state index contributed by atoms with van der Waals surface area (Å²) < 4.78 is 1.72. The van der Waals surface area contributed by atoms with Crippen LogP contribution in [-0.2, 0) is 9.59 Å². The molecular formula is C51H72N10O4S. The maximum atomic E-state index is 14.5. The molecule has 3 amide bonds. The molecule has 3 saturated heterocycles. The van der Waals surface area contributed by atoms with E-state index < -0.39 is 23.6 Å². The molecule has 0 bridgehead atoms. The number of carbonyl (C=O) groups excluding carboxylic acids is 3. The first-order valence-corrected chi connectivity index (χ1v) is 25.4. The lowest BCUT2D eigenvalue weighted by Crippen LogP contribution is -2.53. The third-order valence-electron chi connectivity index (χ3n) is 14.6. The predicted octanol–water partition coefficient (Wildman–Crippen LogP) is 6.87. The molecule has 4 fully saturated rings. The van der Waals surface area contributed by atoms with Gasteiger partial charge in [0.25, 0.3) is 5.91 Å². The number of aryl methyl sites for hydroxylation is 1. The molecule has 14 nitrogen and oxygen atoms in total. The first-order chi connectivity index (χ1) is 31.7. The minimum absolute atomic E-state index is 0.0819. The van der Waals surface area contributed by atoms with Gasteiger partial charge in [-0.2, -0.15) is 0 Å². The fourth-order valence-corrected chi connectivity index (χ4v) is 11.7. The number of hydrazine groups is 1. The number of amides is 3. The fourth-order valence-electron chi connectivity index (χ4n) is 10.9. The van der Waals surface area contributed by atoms with E-state index in [2.05, 4.69) is 72.5 Å². The van der Waals surface area contributed by atoms with Gasteiger partial charge in [-0.25, -0.2) is 15.1 Å². The number of aromatic nitrogens is 4. The van der Waals surface area contributed by atoms with Gasteiger partial charge in [0.1, 0.15) is 12.1 Å². The van der Waals surface area contributed by atoms with Crippen molar-refractivity contribution in [1.82, 2.24) is 50.8 Å². The second-order valence-corrected chi connectivity index (χ2v) is 21.6. The van der Waals surface area contributed by atoms with Crippen molar-refractivity contribution in [2.75, 3.05) is 52.4 Å². The lowest BCUT2D eigenvalue weighted by Gasteiger charge is -2.45. The third-order valence-corrected chi connectivity index (χ3v) is 15.6. The molecule has 2 aromatic heterocycles. The number of hydrogen-bond donors (Lipinski definition) is 4. The van der Waals surface area contributed by atoms with Gasteiger partial charge in [0.05, 0.1) is 33.9 Å². The lowest BCUT2D eigenvalue weighted by molar-refractivity contribution is -0.144. The van der Waals surface area contributed by atoms with Crippen molar-refractivity contribution in [2.45, 2.75) is 129 Å². The first-order valence-electron chi connectivity index (χ1n) is 24.5. The molecule has 1 saturated carbocycles. The van der Waals surface area contributed by atoms with Crippen LogP contribution in [0.5, 0.6) is 0 Å². The van der Waals surface area contributed by atoms with E-state index in [4.69, 9.17) is 0 Å². The van der Waals surface area contributed by atoms with Gasteiger partial charge in [-0.15, -0.1) is 16.4 Å². The molecule has 8 rings (SSSR count). The number of nitrogens with zero attached hydrogens (tertiary/aromatic N) is 7. The Morgan fingerprint density at radius 1 is 0.879 bits per heavy atom. The molecule has 3 aliphatic heterocycles. The highest BCUT2D eigenvalue weighted by Crippen LogP contribution is 2.39. The molecule has 0 spiro atoms. The number of thiazole rings is 1. The zero-order chi connectivity index (χ0) is 46.5. The standard InChI is InChI=1S/C51H72N10O4S/c1-7-22-53-56-48(63)42-18-14-38(15-19-42)39-20-23-58(24-21-39)27-36-28-59(29-36)26-35-8-10-40(11-9-35)44-31-61(57-55-44)47(51(4,5)6)50(65)60-30-43(62)25-45(60)49(64)54-33(2)37-12-16-41(17-13-37)46-34(3)52-32-66-46/h12-19,31-33,35-36,39-40,43,45,47,53,62H,7-11,20-30H2,1-6H3,(H,54,64)(H,56,63)/t33-,35?,40?,43-,45+,47+/m0/s1. The van der Waals surface area contributed by atoms with E-state index >= 15 is 0 Å².